The van der Waals surface area contributed by atoms with Crippen molar-refractivity contribution in [1.82, 2.24) is 9.36 Å². The molecule has 214 valence electrons. The molecule has 0 saturated heterocycles. The SMILES string of the molecule is CCCCc1ccc(N2C(=O)C(Cl)=C(Nc3cccc(C(=O)Nc4c(C)n(C)n(-c5ccccc5)c4=O)c3)C2=O)cc1. The summed E-state index contributed by atoms with van der Waals surface area (Å²) < 4.78 is 3.15. The number of halogens is 1. The van der Waals surface area contributed by atoms with Gasteiger partial charge in [-0.1, -0.05) is 61.3 Å². The Morgan fingerprint density at radius 1 is 0.881 bits per heavy atom. The first-order valence-electron chi connectivity index (χ1n) is 13.6. The number of nitrogens with one attached hydrogen (secondary N) is 2. The molecule has 5 rings (SSSR count). The van der Waals surface area contributed by atoms with Crippen LogP contribution in [0.5, 0.6) is 0 Å². The zero-order chi connectivity index (χ0) is 30.0. The van der Waals surface area contributed by atoms with Gasteiger partial charge in [0.25, 0.3) is 23.3 Å². The van der Waals surface area contributed by atoms with Gasteiger partial charge in [0.2, 0.25) is 0 Å². The third-order valence-electron chi connectivity index (χ3n) is 7.23. The van der Waals surface area contributed by atoms with E-state index in [9.17, 15) is 19.2 Å². The summed E-state index contributed by atoms with van der Waals surface area (Å²) in [7, 11) is 1.74. The summed E-state index contributed by atoms with van der Waals surface area (Å²) in [6, 6.07) is 22.8. The molecule has 0 unspecified atom stereocenters. The smallest absolute Gasteiger partial charge is 0.295 e. The number of imide groups is 1. The van der Waals surface area contributed by atoms with E-state index >= 15 is 0 Å². The number of carbonyl (C=O) groups is 3. The highest BCUT2D eigenvalue weighted by Gasteiger charge is 2.39. The highest BCUT2D eigenvalue weighted by molar-refractivity contribution is 6.53. The van der Waals surface area contributed by atoms with Crippen LogP contribution in [0.3, 0.4) is 0 Å². The lowest BCUT2D eigenvalue weighted by Crippen LogP contribution is -2.32. The molecule has 0 bridgehead atoms. The van der Waals surface area contributed by atoms with Crippen molar-refractivity contribution in [2.45, 2.75) is 33.1 Å². The van der Waals surface area contributed by atoms with Crippen LogP contribution in [-0.4, -0.2) is 27.1 Å². The molecule has 0 atom stereocenters. The molecule has 10 heteroatoms. The number of hydrogen-bond donors (Lipinski definition) is 2. The van der Waals surface area contributed by atoms with Crippen molar-refractivity contribution in [2.24, 2.45) is 7.05 Å². The first-order chi connectivity index (χ1) is 20.2. The second-order valence-electron chi connectivity index (χ2n) is 10.0. The molecular formula is C32H30ClN5O4. The van der Waals surface area contributed by atoms with E-state index in [2.05, 4.69) is 17.6 Å². The molecule has 3 aromatic carbocycles. The zero-order valence-corrected chi connectivity index (χ0v) is 24.2. The highest BCUT2D eigenvalue weighted by Crippen LogP contribution is 2.30. The Bertz CT molecular complexity index is 1770. The van der Waals surface area contributed by atoms with Gasteiger partial charge >= 0.3 is 0 Å². The van der Waals surface area contributed by atoms with Gasteiger partial charge < -0.3 is 10.6 Å². The van der Waals surface area contributed by atoms with Crippen LogP contribution in [0.25, 0.3) is 5.69 Å². The second-order valence-corrected chi connectivity index (χ2v) is 10.4. The summed E-state index contributed by atoms with van der Waals surface area (Å²) in [6.45, 7) is 3.86. The number of amides is 3. The van der Waals surface area contributed by atoms with Crippen LogP contribution in [0.2, 0.25) is 0 Å². The minimum atomic E-state index is -0.631. The fourth-order valence-electron chi connectivity index (χ4n) is 4.82. The predicted octanol–water partition coefficient (Wildman–Crippen LogP) is 5.52. The number of aromatic nitrogens is 2. The fraction of sp³-hybridized carbons (Fsp3) is 0.188. The van der Waals surface area contributed by atoms with Crippen LogP contribution in [0.1, 0.15) is 41.4 Å². The van der Waals surface area contributed by atoms with Crippen LogP contribution >= 0.6 is 11.6 Å². The molecule has 4 aromatic rings. The van der Waals surface area contributed by atoms with Gasteiger partial charge in [-0.2, -0.15) is 0 Å². The number of para-hydroxylation sites is 1. The number of anilines is 3. The van der Waals surface area contributed by atoms with Crippen molar-refractivity contribution >= 4 is 46.4 Å². The molecule has 1 aliphatic heterocycles. The number of unbranched alkanes of at least 4 members (excludes halogenated alkanes) is 1. The maximum absolute atomic E-state index is 13.3. The van der Waals surface area contributed by atoms with Gasteiger partial charge in [0.15, 0.2) is 0 Å². The predicted molar refractivity (Wildman–Crippen MR) is 164 cm³/mol. The first-order valence-corrected chi connectivity index (χ1v) is 14.0. The van der Waals surface area contributed by atoms with Gasteiger partial charge in [-0.3, -0.25) is 23.9 Å². The normalized spacial score (nSPS) is 13.2. The summed E-state index contributed by atoms with van der Waals surface area (Å²) in [6.07, 6.45) is 3.04. The number of hydrogen-bond acceptors (Lipinski definition) is 5. The van der Waals surface area contributed by atoms with Crippen molar-refractivity contribution in [1.29, 1.82) is 0 Å². The summed E-state index contributed by atoms with van der Waals surface area (Å²) in [5.41, 5.74) is 3.11. The summed E-state index contributed by atoms with van der Waals surface area (Å²) in [4.78, 5) is 53.6. The Morgan fingerprint density at radius 2 is 1.60 bits per heavy atom. The Balaban J connectivity index is 1.34. The largest absolute Gasteiger partial charge is 0.350 e. The average Bonchev–Trinajstić information content (AvgIpc) is 3.34. The van der Waals surface area contributed by atoms with Crippen LogP contribution in [0.4, 0.5) is 17.1 Å². The van der Waals surface area contributed by atoms with Gasteiger partial charge in [-0.15, -0.1) is 0 Å². The standard InChI is InChI=1S/C32H30ClN5O4/c1-4-5-10-21-15-17-24(18-16-21)37-30(40)26(33)28(31(37)41)34-23-12-9-11-22(19-23)29(39)35-27-20(2)36(3)38(32(27)42)25-13-7-6-8-14-25/h6-9,11-19,34H,4-5,10H2,1-3H3,(H,35,39). The Kier molecular flexibility index (Phi) is 8.13. The van der Waals surface area contributed by atoms with Crippen LogP contribution in [0.15, 0.2) is 94.4 Å². The minimum Gasteiger partial charge on any atom is -0.350 e. The second kappa shape index (κ2) is 11.9. The Hall–Kier alpha value is -4.89. The van der Waals surface area contributed by atoms with E-state index in [1.54, 1.807) is 61.1 Å². The van der Waals surface area contributed by atoms with Crippen LogP contribution in [-0.2, 0) is 23.1 Å². The molecule has 1 aliphatic rings. The van der Waals surface area contributed by atoms with Crippen LogP contribution < -0.4 is 21.1 Å². The maximum Gasteiger partial charge on any atom is 0.295 e. The van der Waals surface area contributed by atoms with Crippen molar-refractivity contribution in [3.05, 3.63) is 117 Å². The molecule has 0 radical (unpaired) electrons. The quantitative estimate of drug-likeness (QED) is 0.253. The third kappa shape index (κ3) is 5.38. The van der Waals surface area contributed by atoms with E-state index in [1.807, 2.05) is 30.3 Å². The summed E-state index contributed by atoms with van der Waals surface area (Å²) in [5, 5.41) is 5.40. The molecule has 2 heterocycles. The molecule has 1 aromatic heterocycles. The van der Waals surface area contributed by atoms with Crippen molar-refractivity contribution in [3.63, 3.8) is 0 Å². The molecule has 3 amide bonds. The topological polar surface area (TPSA) is 105 Å². The van der Waals surface area contributed by atoms with Crippen molar-refractivity contribution in [3.8, 4) is 5.69 Å². The average molecular weight is 584 g/mol. The minimum absolute atomic E-state index is 0.0843. The van der Waals surface area contributed by atoms with E-state index in [0.717, 1.165) is 29.7 Å². The number of nitrogens with zero attached hydrogens (tertiary/aromatic N) is 3. The molecule has 0 fully saturated rings. The van der Waals surface area contributed by atoms with Gasteiger partial charge in [0.05, 0.1) is 17.1 Å². The van der Waals surface area contributed by atoms with Crippen molar-refractivity contribution in [2.75, 3.05) is 15.5 Å². The first kappa shape index (κ1) is 28.6. The Morgan fingerprint density at radius 3 is 2.29 bits per heavy atom. The zero-order valence-electron chi connectivity index (χ0n) is 23.5. The Labute approximate surface area is 248 Å². The number of carbonyl (C=O) groups excluding carboxylic acids is 3. The van der Waals surface area contributed by atoms with E-state index < -0.39 is 17.7 Å². The van der Waals surface area contributed by atoms with E-state index in [1.165, 1.54) is 10.7 Å². The monoisotopic (exact) mass is 583 g/mol. The van der Waals surface area contributed by atoms with Gasteiger partial charge in [-0.05, 0) is 67.8 Å². The summed E-state index contributed by atoms with van der Waals surface area (Å²) >= 11 is 6.32. The fourth-order valence-corrected chi connectivity index (χ4v) is 5.03. The van der Waals surface area contributed by atoms with Crippen molar-refractivity contribution < 1.29 is 14.4 Å². The molecule has 42 heavy (non-hydrogen) atoms. The maximum atomic E-state index is 13.3. The molecule has 0 aliphatic carbocycles. The number of benzene rings is 3. The van der Waals surface area contributed by atoms with Crippen LogP contribution in [0, 0.1) is 6.92 Å². The molecular weight excluding hydrogens is 554 g/mol. The molecule has 0 spiro atoms. The third-order valence-corrected chi connectivity index (χ3v) is 7.58. The highest BCUT2D eigenvalue weighted by atomic mass is 35.5. The lowest BCUT2D eigenvalue weighted by atomic mass is 10.1. The van der Waals surface area contributed by atoms with E-state index in [4.69, 9.17) is 11.6 Å². The lowest BCUT2D eigenvalue weighted by Gasteiger charge is -2.16. The van der Waals surface area contributed by atoms with Gasteiger partial charge in [0, 0.05) is 18.3 Å². The number of rotatable bonds is 9. The van der Waals surface area contributed by atoms with E-state index in [-0.39, 0.29) is 27.5 Å². The molecule has 2 N–H and O–H groups in total. The molecule has 9 nitrogen and oxygen atoms in total. The number of aryl methyl sites for hydroxylation is 1. The van der Waals surface area contributed by atoms with E-state index in [0.29, 0.717) is 22.8 Å². The van der Waals surface area contributed by atoms with Gasteiger partial charge in [0.1, 0.15) is 16.4 Å². The summed E-state index contributed by atoms with van der Waals surface area (Å²) in [5.74, 6) is -1.74. The molecule has 0 saturated carbocycles. The van der Waals surface area contributed by atoms with Gasteiger partial charge in [-0.25, -0.2) is 9.58 Å². The lowest BCUT2D eigenvalue weighted by molar-refractivity contribution is -0.120.